The Labute approximate surface area is 147 Å². The molecule has 0 radical (unpaired) electrons. The Balaban J connectivity index is 1.58. The van der Waals surface area contributed by atoms with Crippen LogP contribution < -0.4 is 9.80 Å². The van der Waals surface area contributed by atoms with E-state index in [1.54, 1.807) is 4.90 Å². The first-order valence-electron chi connectivity index (χ1n) is 9.27. The molecule has 0 aromatic heterocycles. The number of benzene rings is 2. The van der Waals surface area contributed by atoms with Gasteiger partial charge in [-0.25, -0.2) is 0 Å². The highest BCUT2D eigenvalue weighted by Crippen LogP contribution is 2.21. The molecule has 2 heteroatoms. The number of aryl methyl sites for hydroxylation is 2. The van der Waals surface area contributed by atoms with Gasteiger partial charge in [0.1, 0.15) is 6.54 Å². The lowest BCUT2D eigenvalue weighted by Gasteiger charge is -2.34. The highest BCUT2D eigenvalue weighted by atomic mass is 15.3. The second-order valence-electron chi connectivity index (χ2n) is 7.60. The Hall–Kier alpha value is -1.80. The minimum Gasteiger partial charge on any atom is -0.360 e. The Morgan fingerprint density at radius 2 is 1.62 bits per heavy atom. The molecule has 3 rings (SSSR count). The average molecular weight is 324 g/mol. The number of quaternary nitrogens is 1. The SMILES string of the molecule is Cc1ccc(C)c(N2CC[NH+](Cc3ccc(C(C)C)cc3)CC2)c1. The fraction of sp³-hybridized carbons (Fsp3) is 0.455. The van der Waals surface area contributed by atoms with Gasteiger partial charge in [-0.2, -0.15) is 0 Å². The molecule has 0 bridgehead atoms. The van der Waals surface area contributed by atoms with E-state index >= 15 is 0 Å². The molecule has 0 spiro atoms. The fourth-order valence-electron chi connectivity index (χ4n) is 3.61. The van der Waals surface area contributed by atoms with Gasteiger partial charge in [-0.15, -0.1) is 0 Å². The number of nitrogens with one attached hydrogen (secondary N) is 1. The lowest BCUT2D eigenvalue weighted by molar-refractivity contribution is -0.914. The second kappa shape index (κ2) is 7.40. The summed E-state index contributed by atoms with van der Waals surface area (Å²) in [5, 5.41) is 0. The lowest BCUT2D eigenvalue weighted by Crippen LogP contribution is -3.13. The van der Waals surface area contributed by atoms with Crippen molar-refractivity contribution in [3.8, 4) is 0 Å². The van der Waals surface area contributed by atoms with Crippen LogP contribution in [0.3, 0.4) is 0 Å². The summed E-state index contributed by atoms with van der Waals surface area (Å²) >= 11 is 0. The van der Waals surface area contributed by atoms with Crippen molar-refractivity contribution in [1.82, 2.24) is 0 Å². The first kappa shape index (κ1) is 17.0. The van der Waals surface area contributed by atoms with E-state index in [1.807, 2.05) is 0 Å². The Morgan fingerprint density at radius 3 is 2.25 bits per heavy atom. The number of rotatable bonds is 4. The standard InChI is InChI=1S/C22H30N2/c1-17(2)21-9-7-20(8-10-21)16-23-11-13-24(14-12-23)22-15-18(3)5-6-19(22)4/h5-10,15,17H,11-14,16H2,1-4H3/p+1. The molecule has 0 saturated carbocycles. The van der Waals surface area contributed by atoms with E-state index in [-0.39, 0.29) is 0 Å². The number of anilines is 1. The van der Waals surface area contributed by atoms with Crippen molar-refractivity contribution in [1.29, 1.82) is 0 Å². The van der Waals surface area contributed by atoms with Crippen molar-refractivity contribution in [2.75, 3.05) is 31.1 Å². The van der Waals surface area contributed by atoms with Crippen LogP contribution in [0.15, 0.2) is 42.5 Å². The summed E-state index contributed by atoms with van der Waals surface area (Å²) in [4.78, 5) is 4.27. The molecule has 2 nitrogen and oxygen atoms in total. The predicted molar refractivity (Wildman–Crippen MR) is 103 cm³/mol. The zero-order chi connectivity index (χ0) is 17.1. The Kier molecular flexibility index (Phi) is 5.25. The maximum Gasteiger partial charge on any atom is 0.103 e. The number of nitrogens with zero attached hydrogens (tertiary/aromatic N) is 1. The zero-order valence-corrected chi connectivity index (χ0v) is 15.6. The van der Waals surface area contributed by atoms with Crippen molar-refractivity contribution in [3.63, 3.8) is 0 Å². The highest BCUT2D eigenvalue weighted by Gasteiger charge is 2.21. The molecule has 1 aliphatic heterocycles. The first-order chi connectivity index (χ1) is 11.5. The predicted octanol–water partition coefficient (Wildman–Crippen LogP) is 3.33. The van der Waals surface area contributed by atoms with Crippen LogP contribution in [-0.2, 0) is 6.54 Å². The largest absolute Gasteiger partial charge is 0.360 e. The van der Waals surface area contributed by atoms with Gasteiger partial charge in [0, 0.05) is 11.3 Å². The number of piperazine rings is 1. The van der Waals surface area contributed by atoms with Crippen LogP contribution in [0.2, 0.25) is 0 Å². The van der Waals surface area contributed by atoms with E-state index in [0.29, 0.717) is 5.92 Å². The van der Waals surface area contributed by atoms with Crippen LogP contribution in [-0.4, -0.2) is 26.2 Å². The van der Waals surface area contributed by atoms with E-state index in [2.05, 4.69) is 75.1 Å². The van der Waals surface area contributed by atoms with Crippen LogP contribution in [0.4, 0.5) is 5.69 Å². The molecule has 2 aromatic carbocycles. The van der Waals surface area contributed by atoms with Crippen LogP contribution in [0, 0.1) is 13.8 Å². The van der Waals surface area contributed by atoms with Gasteiger partial charge in [-0.1, -0.05) is 50.2 Å². The molecular formula is C22H31N2+. The summed E-state index contributed by atoms with van der Waals surface area (Å²) in [6, 6.07) is 16.0. The van der Waals surface area contributed by atoms with Crippen LogP contribution >= 0.6 is 0 Å². The van der Waals surface area contributed by atoms with Gasteiger partial charge in [0.2, 0.25) is 0 Å². The van der Waals surface area contributed by atoms with E-state index in [9.17, 15) is 0 Å². The summed E-state index contributed by atoms with van der Waals surface area (Å²) in [5.74, 6) is 0.618. The van der Waals surface area contributed by atoms with Gasteiger partial charge in [0.15, 0.2) is 0 Å². The monoisotopic (exact) mass is 323 g/mol. The van der Waals surface area contributed by atoms with Crippen molar-refractivity contribution in [2.24, 2.45) is 0 Å². The third-order valence-electron chi connectivity index (χ3n) is 5.28. The third kappa shape index (κ3) is 3.99. The van der Waals surface area contributed by atoms with E-state index < -0.39 is 0 Å². The van der Waals surface area contributed by atoms with E-state index in [0.717, 1.165) is 19.6 Å². The number of hydrogen-bond acceptors (Lipinski definition) is 1. The molecule has 0 aliphatic carbocycles. The maximum atomic E-state index is 2.56. The van der Waals surface area contributed by atoms with Gasteiger partial charge in [0.25, 0.3) is 0 Å². The smallest absolute Gasteiger partial charge is 0.103 e. The zero-order valence-electron chi connectivity index (χ0n) is 15.6. The van der Waals surface area contributed by atoms with Crippen LogP contribution in [0.1, 0.15) is 42.0 Å². The molecule has 24 heavy (non-hydrogen) atoms. The van der Waals surface area contributed by atoms with Crippen molar-refractivity contribution in [2.45, 2.75) is 40.2 Å². The Bertz CT molecular complexity index is 665. The van der Waals surface area contributed by atoms with Crippen LogP contribution in [0.25, 0.3) is 0 Å². The molecule has 2 aromatic rings. The Morgan fingerprint density at radius 1 is 0.958 bits per heavy atom. The summed E-state index contributed by atoms with van der Waals surface area (Å²) < 4.78 is 0. The maximum absolute atomic E-state index is 2.56. The topological polar surface area (TPSA) is 7.68 Å². The minimum atomic E-state index is 0.618. The second-order valence-corrected chi connectivity index (χ2v) is 7.60. The summed E-state index contributed by atoms with van der Waals surface area (Å²) in [5.41, 5.74) is 7.09. The molecule has 1 fully saturated rings. The van der Waals surface area contributed by atoms with Gasteiger partial charge < -0.3 is 9.80 Å². The molecule has 0 unspecified atom stereocenters. The normalized spacial score (nSPS) is 16.0. The molecule has 1 heterocycles. The van der Waals surface area contributed by atoms with Gasteiger partial charge in [-0.05, 0) is 42.5 Å². The molecule has 1 saturated heterocycles. The molecule has 1 aliphatic rings. The average Bonchev–Trinajstić information content (AvgIpc) is 2.58. The molecular weight excluding hydrogens is 292 g/mol. The van der Waals surface area contributed by atoms with Crippen molar-refractivity contribution < 1.29 is 4.90 Å². The lowest BCUT2D eigenvalue weighted by atomic mass is 10.0. The quantitative estimate of drug-likeness (QED) is 0.907. The van der Waals surface area contributed by atoms with Gasteiger partial charge in [-0.3, -0.25) is 0 Å². The number of hydrogen-bond donors (Lipinski definition) is 1. The van der Waals surface area contributed by atoms with Gasteiger partial charge in [0.05, 0.1) is 26.2 Å². The molecule has 1 N–H and O–H groups in total. The highest BCUT2D eigenvalue weighted by molar-refractivity contribution is 5.55. The van der Waals surface area contributed by atoms with Crippen molar-refractivity contribution in [3.05, 3.63) is 64.7 Å². The molecule has 128 valence electrons. The summed E-state index contributed by atoms with van der Waals surface area (Å²) in [7, 11) is 0. The fourth-order valence-corrected chi connectivity index (χ4v) is 3.61. The van der Waals surface area contributed by atoms with E-state index in [1.165, 1.54) is 41.0 Å². The minimum absolute atomic E-state index is 0.618. The third-order valence-corrected chi connectivity index (χ3v) is 5.28. The van der Waals surface area contributed by atoms with Crippen LogP contribution in [0.5, 0.6) is 0 Å². The van der Waals surface area contributed by atoms with Crippen molar-refractivity contribution >= 4 is 5.69 Å². The first-order valence-corrected chi connectivity index (χ1v) is 9.27. The summed E-state index contributed by atoms with van der Waals surface area (Å²) in [6.45, 7) is 14.8. The molecule has 0 atom stereocenters. The molecule has 0 amide bonds. The van der Waals surface area contributed by atoms with Gasteiger partial charge >= 0.3 is 0 Å². The van der Waals surface area contributed by atoms with E-state index in [4.69, 9.17) is 0 Å². The summed E-state index contributed by atoms with van der Waals surface area (Å²) in [6.07, 6.45) is 0.